The summed E-state index contributed by atoms with van der Waals surface area (Å²) in [5.74, 6) is -0.325. The lowest BCUT2D eigenvalue weighted by molar-refractivity contribution is -0.126. The Bertz CT molecular complexity index is 1560. The van der Waals surface area contributed by atoms with Crippen LogP contribution in [0.2, 0.25) is 5.02 Å². The summed E-state index contributed by atoms with van der Waals surface area (Å²) >= 11 is 6.43. The predicted octanol–water partition coefficient (Wildman–Crippen LogP) is 3.17. The molecular formula is C27H27ClN8O3. The number of aryl methyl sites for hydroxylation is 2. The van der Waals surface area contributed by atoms with Crippen molar-refractivity contribution in [3.63, 3.8) is 0 Å². The Morgan fingerprint density at radius 2 is 2.03 bits per heavy atom. The SMILES string of the molecule is Cc1cccc([C@@H](CO)NC(=O)[C@@H](C)N2Cc3ccc(-c4nc(Nc5cnn(C)c5)ncc4Cl)cc3C2=O)n1. The Labute approximate surface area is 229 Å². The Kier molecular flexibility index (Phi) is 7.27. The van der Waals surface area contributed by atoms with Gasteiger partial charge >= 0.3 is 0 Å². The second kappa shape index (κ2) is 10.8. The first-order chi connectivity index (χ1) is 18.7. The zero-order chi connectivity index (χ0) is 27.7. The minimum Gasteiger partial charge on any atom is -0.394 e. The van der Waals surface area contributed by atoms with Crippen LogP contribution in [0.3, 0.4) is 0 Å². The number of amides is 2. The van der Waals surface area contributed by atoms with Gasteiger partial charge in [0.25, 0.3) is 5.91 Å². The van der Waals surface area contributed by atoms with Crippen LogP contribution < -0.4 is 10.6 Å². The monoisotopic (exact) mass is 546 g/mol. The van der Waals surface area contributed by atoms with Gasteiger partial charge in [-0.1, -0.05) is 29.8 Å². The van der Waals surface area contributed by atoms with Crippen LogP contribution >= 0.6 is 11.6 Å². The molecule has 11 nitrogen and oxygen atoms in total. The van der Waals surface area contributed by atoms with E-state index in [9.17, 15) is 14.7 Å². The van der Waals surface area contributed by atoms with Crippen molar-refractivity contribution in [1.82, 2.24) is 34.9 Å². The standard InChI is InChI=1S/C27H27ClN8O3/c1-15-5-4-6-22(31-15)23(14-37)33-25(38)16(2)36-12-18-8-7-17(9-20(18)26(36)39)24-21(28)11-29-27(34-24)32-19-10-30-35(3)13-19/h4-11,13,16,23,37H,12,14H2,1-3H3,(H,33,38)(H,29,32,34)/t16-,23-/m1/s1. The lowest BCUT2D eigenvalue weighted by Gasteiger charge is -2.25. The number of fused-ring (bicyclic) bond motifs is 1. The van der Waals surface area contributed by atoms with Crippen LogP contribution in [-0.4, -0.2) is 59.2 Å². The van der Waals surface area contributed by atoms with E-state index >= 15 is 0 Å². The second-order valence-corrected chi connectivity index (χ2v) is 9.75. The van der Waals surface area contributed by atoms with E-state index in [1.807, 2.05) is 31.2 Å². The van der Waals surface area contributed by atoms with Gasteiger partial charge in [0, 0.05) is 36.6 Å². The third-order valence-corrected chi connectivity index (χ3v) is 6.81. The molecule has 1 aromatic carbocycles. The van der Waals surface area contributed by atoms with Gasteiger partial charge in [-0.15, -0.1) is 0 Å². The third-order valence-electron chi connectivity index (χ3n) is 6.53. The molecule has 3 N–H and O–H groups in total. The van der Waals surface area contributed by atoms with Gasteiger partial charge in [0.15, 0.2) is 0 Å². The minimum atomic E-state index is -0.773. The number of pyridine rings is 1. The van der Waals surface area contributed by atoms with Crippen molar-refractivity contribution in [3.05, 3.63) is 82.5 Å². The van der Waals surface area contributed by atoms with Crippen molar-refractivity contribution in [2.45, 2.75) is 32.5 Å². The zero-order valence-electron chi connectivity index (χ0n) is 21.6. The summed E-state index contributed by atoms with van der Waals surface area (Å²) in [5.41, 5.74) is 4.43. The molecule has 4 heterocycles. The highest BCUT2D eigenvalue weighted by molar-refractivity contribution is 6.33. The molecule has 5 rings (SSSR count). The molecule has 0 spiro atoms. The van der Waals surface area contributed by atoms with Crippen LogP contribution in [0.1, 0.15) is 40.3 Å². The van der Waals surface area contributed by atoms with Gasteiger partial charge in [-0.05, 0) is 37.6 Å². The maximum Gasteiger partial charge on any atom is 0.255 e. The van der Waals surface area contributed by atoms with Gasteiger partial charge < -0.3 is 20.6 Å². The molecule has 0 bridgehead atoms. The topological polar surface area (TPSA) is 138 Å². The number of hydrogen-bond donors (Lipinski definition) is 3. The fraction of sp³-hybridized carbons (Fsp3) is 0.259. The molecule has 200 valence electrons. The van der Waals surface area contributed by atoms with E-state index in [4.69, 9.17) is 11.6 Å². The van der Waals surface area contributed by atoms with Crippen LogP contribution in [0.5, 0.6) is 0 Å². The third kappa shape index (κ3) is 5.45. The molecule has 3 aromatic heterocycles. The van der Waals surface area contributed by atoms with Crippen molar-refractivity contribution >= 4 is 35.1 Å². The summed E-state index contributed by atoms with van der Waals surface area (Å²) in [7, 11) is 1.81. The highest BCUT2D eigenvalue weighted by atomic mass is 35.5. The van der Waals surface area contributed by atoms with E-state index in [1.54, 1.807) is 43.2 Å². The van der Waals surface area contributed by atoms with Crippen molar-refractivity contribution in [2.24, 2.45) is 7.05 Å². The second-order valence-electron chi connectivity index (χ2n) is 9.35. The number of aliphatic hydroxyl groups excluding tert-OH is 1. The smallest absolute Gasteiger partial charge is 0.255 e. The number of halogens is 1. The van der Waals surface area contributed by atoms with Crippen LogP contribution in [0.4, 0.5) is 11.6 Å². The first-order valence-electron chi connectivity index (χ1n) is 12.3. The van der Waals surface area contributed by atoms with Gasteiger partial charge in [0.05, 0.1) is 47.1 Å². The fourth-order valence-corrected chi connectivity index (χ4v) is 4.63. The summed E-state index contributed by atoms with van der Waals surface area (Å²) in [6.07, 6.45) is 4.94. The molecule has 1 aliphatic heterocycles. The number of carbonyl (C=O) groups excluding carboxylic acids is 2. The number of benzene rings is 1. The van der Waals surface area contributed by atoms with Crippen molar-refractivity contribution < 1.29 is 14.7 Å². The van der Waals surface area contributed by atoms with Crippen molar-refractivity contribution in [3.8, 4) is 11.3 Å². The lowest BCUT2D eigenvalue weighted by Crippen LogP contribution is -2.46. The molecule has 2 atom stereocenters. The molecule has 12 heteroatoms. The van der Waals surface area contributed by atoms with Gasteiger partial charge in [-0.3, -0.25) is 19.3 Å². The van der Waals surface area contributed by atoms with Crippen LogP contribution in [0.25, 0.3) is 11.3 Å². The van der Waals surface area contributed by atoms with E-state index < -0.39 is 12.1 Å². The van der Waals surface area contributed by atoms with E-state index in [2.05, 4.69) is 30.7 Å². The van der Waals surface area contributed by atoms with Crippen LogP contribution in [-0.2, 0) is 18.4 Å². The Morgan fingerprint density at radius 1 is 1.21 bits per heavy atom. The molecule has 4 aromatic rings. The van der Waals surface area contributed by atoms with Gasteiger partial charge in [-0.2, -0.15) is 5.10 Å². The van der Waals surface area contributed by atoms with E-state index in [1.165, 1.54) is 11.1 Å². The van der Waals surface area contributed by atoms with Gasteiger partial charge in [0.1, 0.15) is 6.04 Å². The molecular weight excluding hydrogens is 520 g/mol. The van der Waals surface area contributed by atoms with E-state index in [0.717, 1.165) is 16.9 Å². The number of hydrogen-bond acceptors (Lipinski definition) is 8. The number of aliphatic hydroxyl groups is 1. The quantitative estimate of drug-likeness (QED) is 0.306. The molecule has 2 amide bonds. The maximum atomic E-state index is 13.4. The molecule has 0 saturated heterocycles. The van der Waals surface area contributed by atoms with E-state index in [0.29, 0.717) is 33.5 Å². The first kappa shape index (κ1) is 26.3. The Hall–Kier alpha value is -4.35. The minimum absolute atomic E-state index is 0.275. The molecule has 0 saturated carbocycles. The number of aromatic nitrogens is 5. The number of rotatable bonds is 8. The molecule has 0 radical (unpaired) electrons. The number of carbonyl (C=O) groups is 2. The molecule has 0 fully saturated rings. The number of nitrogens with zero attached hydrogens (tertiary/aromatic N) is 6. The molecule has 0 aliphatic carbocycles. The molecule has 1 aliphatic rings. The fourth-order valence-electron chi connectivity index (χ4n) is 4.43. The normalized spacial score (nSPS) is 14.2. The summed E-state index contributed by atoms with van der Waals surface area (Å²) in [5, 5.41) is 20.2. The zero-order valence-corrected chi connectivity index (χ0v) is 22.3. The first-order valence-corrected chi connectivity index (χ1v) is 12.7. The predicted molar refractivity (Wildman–Crippen MR) is 145 cm³/mol. The molecule has 0 unspecified atom stereocenters. The summed E-state index contributed by atoms with van der Waals surface area (Å²) < 4.78 is 1.65. The Morgan fingerprint density at radius 3 is 2.74 bits per heavy atom. The van der Waals surface area contributed by atoms with Gasteiger partial charge in [0.2, 0.25) is 11.9 Å². The van der Waals surface area contributed by atoms with Crippen LogP contribution in [0, 0.1) is 6.92 Å². The van der Waals surface area contributed by atoms with Gasteiger partial charge in [-0.25, -0.2) is 9.97 Å². The highest BCUT2D eigenvalue weighted by Crippen LogP contribution is 2.32. The molecule has 39 heavy (non-hydrogen) atoms. The number of nitrogens with one attached hydrogen (secondary N) is 2. The largest absolute Gasteiger partial charge is 0.394 e. The average molecular weight is 547 g/mol. The van der Waals surface area contributed by atoms with Crippen molar-refractivity contribution in [2.75, 3.05) is 11.9 Å². The van der Waals surface area contributed by atoms with E-state index in [-0.39, 0.29) is 25.0 Å². The average Bonchev–Trinajstić information content (AvgIpc) is 3.49. The summed E-state index contributed by atoms with van der Waals surface area (Å²) in [6, 6.07) is 9.36. The van der Waals surface area contributed by atoms with Crippen molar-refractivity contribution in [1.29, 1.82) is 0 Å². The maximum absolute atomic E-state index is 13.4. The summed E-state index contributed by atoms with van der Waals surface area (Å²) in [6.45, 7) is 3.46. The summed E-state index contributed by atoms with van der Waals surface area (Å²) in [4.78, 5) is 41.1. The highest BCUT2D eigenvalue weighted by Gasteiger charge is 2.35. The number of anilines is 2. The lowest BCUT2D eigenvalue weighted by atomic mass is 10.0. The Balaban J connectivity index is 1.33. The van der Waals surface area contributed by atoms with Crippen LogP contribution in [0.15, 0.2) is 55.0 Å².